The Hall–Kier alpha value is -0.920. The maximum Gasteiger partial charge on any atom is 0.0592 e. The second-order valence-electron chi connectivity index (χ2n) is 1.45. The molecule has 0 spiro atoms. The first-order valence-corrected chi connectivity index (χ1v) is 3.48. The van der Waals surface area contributed by atoms with E-state index in [-0.39, 0.29) is 0 Å². The fourth-order valence-electron chi connectivity index (χ4n) is 0.273. The highest BCUT2D eigenvalue weighted by Crippen LogP contribution is 1.91. The van der Waals surface area contributed by atoms with Crippen LogP contribution in [0.4, 0.5) is 0 Å². The van der Waals surface area contributed by atoms with E-state index >= 15 is 0 Å². The minimum atomic E-state index is 0.725. The fourth-order valence-corrected chi connectivity index (χ4v) is 0.273. The molecule has 0 saturated heterocycles. The van der Waals surface area contributed by atoms with E-state index in [4.69, 9.17) is 5.53 Å². The van der Waals surface area contributed by atoms with Gasteiger partial charge in [0, 0.05) is 0 Å². The van der Waals surface area contributed by atoms with E-state index in [1.807, 2.05) is 32.9 Å². The van der Waals surface area contributed by atoms with Gasteiger partial charge in [0.25, 0.3) is 0 Å². The zero-order valence-electron chi connectivity index (χ0n) is 7.18. The summed E-state index contributed by atoms with van der Waals surface area (Å²) in [6.07, 6.45) is 5.54. The second kappa shape index (κ2) is 11.0. The van der Waals surface area contributed by atoms with Crippen molar-refractivity contribution in [3.63, 3.8) is 0 Å². The Morgan fingerprint density at radius 1 is 1.40 bits per heavy atom. The van der Waals surface area contributed by atoms with E-state index in [0.29, 0.717) is 0 Å². The molecule has 0 fully saturated rings. The number of rotatable bonds is 2. The maximum atomic E-state index is 6.51. The molecule has 10 heavy (non-hydrogen) atoms. The second-order valence-corrected chi connectivity index (χ2v) is 1.45. The van der Waals surface area contributed by atoms with Gasteiger partial charge in [0.2, 0.25) is 0 Å². The zero-order valence-corrected chi connectivity index (χ0v) is 7.18. The van der Waals surface area contributed by atoms with E-state index in [0.717, 1.165) is 5.70 Å². The van der Waals surface area contributed by atoms with Gasteiger partial charge in [0.1, 0.15) is 0 Å². The first-order chi connectivity index (χ1) is 4.81. The molecule has 0 aliphatic rings. The van der Waals surface area contributed by atoms with Gasteiger partial charge >= 0.3 is 0 Å². The average molecular weight is 140 g/mol. The lowest BCUT2D eigenvalue weighted by Gasteiger charge is -1.79. The Balaban J connectivity index is 0. The molecule has 0 amide bonds. The largest absolute Gasteiger partial charge is 0.205 e. The summed E-state index contributed by atoms with van der Waals surface area (Å²) in [5, 5.41) is 3.19. The van der Waals surface area contributed by atoms with Crippen molar-refractivity contribution in [3.05, 3.63) is 23.9 Å². The van der Waals surface area contributed by atoms with Gasteiger partial charge in [-0.25, -0.2) is 5.53 Å². The molecule has 0 heterocycles. The Labute approximate surface area is 63.2 Å². The number of hydrogen-bond donors (Lipinski definition) is 1. The van der Waals surface area contributed by atoms with Gasteiger partial charge in [-0.2, -0.15) is 5.11 Å². The Bertz CT molecular complexity index is 123. The number of hydrogen-bond acceptors (Lipinski definition) is 2. The van der Waals surface area contributed by atoms with E-state index < -0.39 is 0 Å². The fraction of sp³-hybridized carbons (Fsp3) is 0.500. The monoisotopic (exact) mass is 140 g/mol. The molecular formula is C8H16N2. The number of nitrogens with zero attached hydrogens (tertiary/aromatic N) is 1. The maximum absolute atomic E-state index is 6.51. The van der Waals surface area contributed by atoms with Crippen LogP contribution in [0.3, 0.4) is 0 Å². The topological polar surface area (TPSA) is 36.2 Å². The smallest absolute Gasteiger partial charge is 0.0592 e. The molecule has 1 N–H and O–H groups in total. The molecule has 2 heteroatoms. The Kier molecular flexibility index (Phi) is 13.0. The van der Waals surface area contributed by atoms with Gasteiger partial charge in [-0.1, -0.05) is 26.0 Å². The van der Waals surface area contributed by atoms with Gasteiger partial charge in [-0.05, 0) is 19.9 Å². The summed E-state index contributed by atoms with van der Waals surface area (Å²) in [5.41, 5.74) is 7.24. The van der Waals surface area contributed by atoms with Crippen molar-refractivity contribution in [1.82, 2.24) is 0 Å². The van der Waals surface area contributed by atoms with Crippen molar-refractivity contribution < 1.29 is 0 Å². The highest BCUT2D eigenvalue weighted by atomic mass is 15.0. The SMILES string of the molecule is C/C=C\C=C(\C)N=N.CC. The van der Waals surface area contributed by atoms with E-state index in [2.05, 4.69) is 5.11 Å². The van der Waals surface area contributed by atoms with Crippen LogP contribution >= 0.6 is 0 Å². The summed E-state index contributed by atoms with van der Waals surface area (Å²) >= 11 is 0. The van der Waals surface area contributed by atoms with Crippen LogP contribution in [0.25, 0.3) is 0 Å². The van der Waals surface area contributed by atoms with Crippen LogP contribution in [0.2, 0.25) is 0 Å². The van der Waals surface area contributed by atoms with Crippen molar-refractivity contribution in [2.24, 2.45) is 5.11 Å². The van der Waals surface area contributed by atoms with Crippen LogP contribution in [-0.2, 0) is 0 Å². The summed E-state index contributed by atoms with van der Waals surface area (Å²) in [5.74, 6) is 0. The summed E-state index contributed by atoms with van der Waals surface area (Å²) in [6, 6.07) is 0. The van der Waals surface area contributed by atoms with Crippen LogP contribution in [0, 0.1) is 5.53 Å². The lowest BCUT2D eigenvalue weighted by Crippen LogP contribution is -1.59. The molecular weight excluding hydrogens is 124 g/mol. The Morgan fingerprint density at radius 2 is 1.90 bits per heavy atom. The third kappa shape index (κ3) is 10.1. The highest BCUT2D eigenvalue weighted by molar-refractivity contribution is 5.07. The first-order valence-electron chi connectivity index (χ1n) is 3.48. The van der Waals surface area contributed by atoms with E-state index in [9.17, 15) is 0 Å². The molecule has 58 valence electrons. The molecule has 0 bridgehead atoms. The quantitative estimate of drug-likeness (QED) is 0.450. The lowest BCUT2D eigenvalue weighted by molar-refractivity contribution is 1.06. The minimum Gasteiger partial charge on any atom is -0.205 e. The molecule has 0 unspecified atom stereocenters. The van der Waals surface area contributed by atoms with Crippen molar-refractivity contribution >= 4 is 0 Å². The predicted molar refractivity (Wildman–Crippen MR) is 45.1 cm³/mol. The van der Waals surface area contributed by atoms with Crippen LogP contribution in [-0.4, -0.2) is 0 Å². The Morgan fingerprint density at radius 3 is 2.20 bits per heavy atom. The van der Waals surface area contributed by atoms with Crippen molar-refractivity contribution in [2.75, 3.05) is 0 Å². The first kappa shape index (κ1) is 11.8. The van der Waals surface area contributed by atoms with Gasteiger partial charge < -0.3 is 0 Å². The molecule has 0 saturated carbocycles. The standard InChI is InChI=1S/C6H10N2.C2H6/c1-3-4-5-6(2)8-7;1-2/h3-5,7H,1-2H3;1-2H3/b4-3-,6-5-,8-7?;. The van der Waals surface area contributed by atoms with Gasteiger partial charge in [0.05, 0.1) is 5.70 Å². The third-order valence-corrected chi connectivity index (χ3v) is 0.706. The number of nitrogens with one attached hydrogen (secondary N) is 1. The van der Waals surface area contributed by atoms with Crippen molar-refractivity contribution in [1.29, 1.82) is 5.53 Å². The molecule has 0 aromatic heterocycles. The molecule has 0 radical (unpaired) electrons. The lowest BCUT2D eigenvalue weighted by atomic mass is 10.4. The highest BCUT2D eigenvalue weighted by Gasteiger charge is 1.73. The van der Waals surface area contributed by atoms with Crippen LogP contribution in [0.1, 0.15) is 27.7 Å². The van der Waals surface area contributed by atoms with E-state index in [1.54, 1.807) is 13.0 Å². The third-order valence-electron chi connectivity index (χ3n) is 0.706. The summed E-state index contributed by atoms with van der Waals surface area (Å²) in [6.45, 7) is 7.71. The minimum absolute atomic E-state index is 0.725. The van der Waals surface area contributed by atoms with Crippen LogP contribution in [0.15, 0.2) is 29.0 Å². The van der Waals surface area contributed by atoms with Crippen LogP contribution in [0.5, 0.6) is 0 Å². The van der Waals surface area contributed by atoms with Crippen molar-refractivity contribution in [3.8, 4) is 0 Å². The summed E-state index contributed by atoms with van der Waals surface area (Å²) < 4.78 is 0. The van der Waals surface area contributed by atoms with Gasteiger partial charge in [-0.15, -0.1) is 0 Å². The molecule has 0 aromatic rings. The molecule has 0 rings (SSSR count). The normalized spacial score (nSPS) is 10.6. The zero-order chi connectivity index (χ0) is 8.41. The summed E-state index contributed by atoms with van der Waals surface area (Å²) in [7, 11) is 0. The average Bonchev–Trinajstić information content (AvgIpc) is 2.04. The van der Waals surface area contributed by atoms with Crippen LogP contribution < -0.4 is 0 Å². The number of allylic oxidation sites excluding steroid dienone is 4. The molecule has 0 aliphatic heterocycles. The predicted octanol–water partition coefficient (Wildman–Crippen LogP) is 3.52. The molecule has 0 aliphatic carbocycles. The van der Waals surface area contributed by atoms with Gasteiger partial charge in [-0.3, -0.25) is 0 Å². The molecule has 2 nitrogen and oxygen atoms in total. The van der Waals surface area contributed by atoms with E-state index in [1.165, 1.54) is 0 Å². The molecule has 0 atom stereocenters. The van der Waals surface area contributed by atoms with Crippen molar-refractivity contribution in [2.45, 2.75) is 27.7 Å². The molecule has 0 aromatic carbocycles. The summed E-state index contributed by atoms with van der Waals surface area (Å²) in [4.78, 5) is 0. The van der Waals surface area contributed by atoms with Gasteiger partial charge in [0.15, 0.2) is 0 Å².